The minimum absolute atomic E-state index is 0.119. The molecule has 0 aliphatic rings. The molecule has 1 N–H and O–H groups in total. The Hall–Kier alpha value is -1.75. The molecule has 0 aliphatic heterocycles. The number of benzene rings is 1. The van der Waals surface area contributed by atoms with Crippen LogP contribution >= 0.6 is 15.9 Å². The van der Waals surface area contributed by atoms with E-state index in [-0.39, 0.29) is 5.91 Å². The molecule has 1 heterocycles. The highest BCUT2D eigenvalue weighted by molar-refractivity contribution is 9.10. The summed E-state index contributed by atoms with van der Waals surface area (Å²) >= 11 is 3.43. The van der Waals surface area contributed by atoms with Gasteiger partial charge in [0.1, 0.15) is 5.82 Å². The molecular weight excluding hydrogens is 306 g/mol. The molecule has 1 aromatic heterocycles. The number of nitrogens with one attached hydrogen (secondary N) is 1. The molecule has 0 bridgehead atoms. The fourth-order valence-electron chi connectivity index (χ4n) is 1.69. The summed E-state index contributed by atoms with van der Waals surface area (Å²) in [5.41, 5.74) is 2.46. The van der Waals surface area contributed by atoms with E-state index >= 15 is 0 Å². The van der Waals surface area contributed by atoms with Gasteiger partial charge in [0.15, 0.2) is 0 Å². The smallest absolute Gasteiger partial charge is 0.252 e. The first-order chi connectivity index (χ1) is 9.08. The molecule has 4 nitrogen and oxygen atoms in total. The molecule has 0 unspecified atom stereocenters. The van der Waals surface area contributed by atoms with Gasteiger partial charge in [0.25, 0.3) is 5.91 Å². The summed E-state index contributed by atoms with van der Waals surface area (Å²) in [6.07, 6.45) is 1.69. The van der Waals surface area contributed by atoms with Crippen LogP contribution in [-0.2, 0) is 6.54 Å². The maximum atomic E-state index is 12.1. The van der Waals surface area contributed by atoms with Crippen molar-refractivity contribution in [1.82, 2.24) is 15.3 Å². The molecule has 1 aromatic carbocycles. The van der Waals surface area contributed by atoms with Crippen molar-refractivity contribution < 1.29 is 4.79 Å². The molecule has 98 valence electrons. The fourth-order valence-corrected chi connectivity index (χ4v) is 2.14. The predicted octanol–water partition coefficient (Wildman–Crippen LogP) is 2.79. The Kier molecular flexibility index (Phi) is 4.27. The van der Waals surface area contributed by atoms with Gasteiger partial charge < -0.3 is 5.32 Å². The number of halogens is 1. The summed E-state index contributed by atoms with van der Waals surface area (Å²) in [4.78, 5) is 20.4. The van der Waals surface area contributed by atoms with E-state index in [9.17, 15) is 4.79 Å². The van der Waals surface area contributed by atoms with Gasteiger partial charge in [-0.1, -0.05) is 12.1 Å². The number of amides is 1. The first-order valence-corrected chi connectivity index (χ1v) is 6.69. The first-order valence-electron chi connectivity index (χ1n) is 5.90. The first kappa shape index (κ1) is 13.7. The van der Waals surface area contributed by atoms with Crippen LogP contribution < -0.4 is 5.32 Å². The van der Waals surface area contributed by atoms with Gasteiger partial charge in [0.05, 0.1) is 17.8 Å². The maximum Gasteiger partial charge on any atom is 0.252 e. The van der Waals surface area contributed by atoms with Crippen LogP contribution in [0.1, 0.15) is 27.4 Å². The Balaban J connectivity index is 2.08. The number of hydrogen-bond acceptors (Lipinski definition) is 3. The summed E-state index contributed by atoms with van der Waals surface area (Å²) in [6.45, 7) is 4.17. The molecule has 0 radical (unpaired) electrons. The lowest BCUT2D eigenvalue weighted by atomic mass is 10.1. The van der Waals surface area contributed by atoms with Gasteiger partial charge in [-0.3, -0.25) is 4.79 Å². The number of aromatic nitrogens is 2. The molecule has 0 fully saturated rings. The van der Waals surface area contributed by atoms with Gasteiger partial charge in [-0.25, -0.2) is 9.97 Å². The second-order valence-corrected chi connectivity index (χ2v) is 5.01. The number of rotatable bonds is 3. The second-order valence-electron chi connectivity index (χ2n) is 4.21. The molecule has 2 aromatic rings. The number of carbonyl (C=O) groups is 1. The number of hydrogen-bond donors (Lipinski definition) is 1. The second kappa shape index (κ2) is 5.93. The van der Waals surface area contributed by atoms with Crippen molar-refractivity contribution >= 4 is 21.8 Å². The SMILES string of the molecule is Cc1nccc(CNC(=O)c2cccc(C)c2Br)n1. The predicted molar refractivity (Wildman–Crippen MR) is 76.8 cm³/mol. The quantitative estimate of drug-likeness (QED) is 0.946. The number of carbonyl (C=O) groups excluding carboxylic acids is 1. The molecule has 0 spiro atoms. The topological polar surface area (TPSA) is 54.9 Å². The Labute approximate surface area is 120 Å². The van der Waals surface area contributed by atoms with Gasteiger partial charge >= 0.3 is 0 Å². The fraction of sp³-hybridized carbons (Fsp3) is 0.214. The van der Waals surface area contributed by atoms with Crippen molar-refractivity contribution in [1.29, 1.82) is 0 Å². The van der Waals surface area contributed by atoms with Crippen LogP contribution in [0.4, 0.5) is 0 Å². The van der Waals surface area contributed by atoms with E-state index in [0.717, 1.165) is 15.7 Å². The zero-order chi connectivity index (χ0) is 13.8. The Bertz CT molecular complexity index is 613. The monoisotopic (exact) mass is 319 g/mol. The lowest BCUT2D eigenvalue weighted by Crippen LogP contribution is -2.24. The zero-order valence-electron chi connectivity index (χ0n) is 10.8. The van der Waals surface area contributed by atoms with Gasteiger partial charge in [0.2, 0.25) is 0 Å². The highest BCUT2D eigenvalue weighted by Gasteiger charge is 2.11. The summed E-state index contributed by atoms with van der Waals surface area (Å²) in [7, 11) is 0. The van der Waals surface area contributed by atoms with Crippen LogP contribution in [0.2, 0.25) is 0 Å². The summed E-state index contributed by atoms with van der Waals surface area (Å²) in [5, 5.41) is 2.85. The molecule has 0 atom stereocenters. The summed E-state index contributed by atoms with van der Waals surface area (Å²) in [5.74, 6) is 0.579. The van der Waals surface area contributed by atoms with E-state index in [1.54, 1.807) is 18.3 Å². The average molecular weight is 320 g/mol. The molecule has 5 heteroatoms. The molecule has 0 saturated carbocycles. The van der Waals surface area contributed by atoms with Crippen molar-refractivity contribution in [2.45, 2.75) is 20.4 Å². The van der Waals surface area contributed by atoms with E-state index in [2.05, 4.69) is 31.2 Å². The minimum Gasteiger partial charge on any atom is -0.346 e. The zero-order valence-corrected chi connectivity index (χ0v) is 12.4. The van der Waals surface area contributed by atoms with E-state index < -0.39 is 0 Å². The van der Waals surface area contributed by atoms with E-state index in [1.807, 2.05) is 26.0 Å². The van der Waals surface area contributed by atoms with Crippen molar-refractivity contribution in [2.75, 3.05) is 0 Å². The number of aryl methyl sites for hydroxylation is 2. The highest BCUT2D eigenvalue weighted by atomic mass is 79.9. The van der Waals surface area contributed by atoms with Crippen molar-refractivity contribution in [3.05, 3.63) is 57.6 Å². The lowest BCUT2D eigenvalue weighted by molar-refractivity contribution is 0.0949. The van der Waals surface area contributed by atoms with Crippen molar-refractivity contribution in [3.63, 3.8) is 0 Å². The van der Waals surface area contributed by atoms with E-state index in [1.165, 1.54) is 0 Å². The van der Waals surface area contributed by atoms with Crippen LogP contribution in [0.5, 0.6) is 0 Å². The van der Waals surface area contributed by atoms with Crippen LogP contribution in [0, 0.1) is 13.8 Å². The summed E-state index contributed by atoms with van der Waals surface area (Å²) < 4.78 is 0.825. The molecular formula is C14H14BrN3O. The molecule has 2 rings (SSSR count). The Morgan fingerprint density at radius 2 is 2.11 bits per heavy atom. The van der Waals surface area contributed by atoms with Gasteiger partial charge in [-0.05, 0) is 47.5 Å². The van der Waals surface area contributed by atoms with E-state index in [0.29, 0.717) is 17.9 Å². The van der Waals surface area contributed by atoms with Crippen LogP contribution in [0.25, 0.3) is 0 Å². The van der Waals surface area contributed by atoms with Crippen LogP contribution in [-0.4, -0.2) is 15.9 Å². The molecule has 0 saturated heterocycles. The minimum atomic E-state index is -0.119. The Morgan fingerprint density at radius 1 is 1.32 bits per heavy atom. The Morgan fingerprint density at radius 3 is 2.84 bits per heavy atom. The maximum absolute atomic E-state index is 12.1. The lowest BCUT2D eigenvalue weighted by Gasteiger charge is -2.08. The standard InChI is InChI=1S/C14H14BrN3O/c1-9-4-3-5-12(13(9)15)14(19)17-8-11-6-7-16-10(2)18-11/h3-7H,8H2,1-2H3,(H,17,19). The average Bonchev–Trinajstić information content (AvgIpc) is 2.39. The van der Waals surface area contributed by atoms with E-state index in [4.69, 9.17) is 0 Å². The highest BCUT2D eigenvalue weighted by Crippen LogP contribution is 2.20. The molecule has 1 amide bonds. The van der Waals surface area contributed by atoms with Gasteiger partial charge in [-0.2, -0.15) is 0 Å². The number of nitrogens with zero attached hydrogens (tertiary/aromatic N) is 2. The van der Waals surface area contributed by atoms with Gasteiger partial charge in [-0.15, -0.1) is 0 Å². The van der Waals surface area contributed by atoms with Gasteiger partial charge in [0, 0.05) is 10.7 Å². The van der Waals surface area contributed by atoms with Crippen LogP contribution in [0.3, 0.4) is 0 Å². The molecule has 19 heavy (non-hydrogen) atoms. The normalized spacial score (nSPS) is 10.3. The third-order valence-corrected chi connectivity index (χ3v) is 3.75. The largest absolute Gasteiger partial charge is 0.346 e. The van der Waals surface area contributed by atoms with Crippen molar-refractivity contribution in [2.24, 2.45) is 0 Å². The summed E-state index contributed by atoms with van der Waals surface area (Å²) in [6, 6.07) is 7.40. The van der Waals surface area contributed by atoms with Crippen molar-refractivity contribution in [3.8, 4) is 0 Å². The van der Waals surface area contributed by atoms with Crippen LogP contribution in [0.15, 0.2) is 34.9 Å². The molecule has 0 aliphatic carbocycles. The third-order valence-electron chi connectivity index (χ3n) is 2.70. The third kappa shape index (κ3) is 3.38.